The lowest BCUT2D eigenvalue weighted by molar-refractivity contribution is 0.104. The summed E-state index contributed by atoms with van der Waals surface area (Å²) in [7, 11) is 0. The van der Waals surface area contributed by atoms with Crippen LogP contribution in [0.15, 0.2) is 97.3 Å². The second-order valence-electron chi connectivity index (χ2n) is 4.48. The number of allylic oxidation sites excluding steroid dienone is 7. The van der Waals surface area contributed by atoms with Gasteiger partial charge in [0.1, 0.15) is 5.69 Å². The maximum Gasteiger partial charge on any atom is 0.204 e. The molecule has 0 amide bonds. The number of ketones is 1. The van der Waals surface area contributed by atoms with Gasteiger partial charge in [0.15, 0.2) is 0 Å². The summed E-state index contributed by atoms with van der Waals surface area (Å²) in [6.45, 7) is 0. The molecule has 0 radical (unpaired) electrons. The van der Waals surface area contributed by atoms with Crippen LogP contribution >= 0.6 is 0 Å². The molecule has 0 bridgehead atoms. The first kappa shape index (κ1) is 15.4. The van der Waals surface area contributed by atoms with Crippen molar-refractivity contribution < 1.29 is 4.79 Å². The molecule has 0 spiro atoms. The molecule has 0 aliphatic carbocycles. The van der Waals surface area contributed by atoms with E-state index in [0.717, 1.165) is 5.56 Å². The lowest BCUT2D eigenvalue weighted by Gasteiger charge is -1.91. The van der Waals surface area contributed by atoms with Gasteiger partial charge in [-0.15, -0.1) is 0 Å². The molecule has 22 heavy (non-hydrogen) atoms. The first-order valence-corrected chi connectivity index (χ1v) is 7.05. The average Bonchev–Trinajstić information content (AvgIpc) is 2.59. The standard InChI is InChI=1S/C20H17NO/c22-20(19-15-10-11-17-21-19)16-9-4-2-1-3-6-12-18-13-7-5-8-14-18/h1-17H. The quantitative estimate of drug-likeness (QED) is 0.440. The SMILES string of the molecule is O=C(C=CC=CC=CC=Cc1ccccc1)c1ccccn1. The van der Waals surface area contributed by atoms with Gasteiger partial charge in [-0.25, -0.2) is 0 Å². The van der Waals surface area contributed by atoms with Crippen LogP contribution in [0.5, 0.6) is 0 Å². The summed E-state index contributed by atoms with van der Waals surface area (Å²) in [5.41, 5.74) is 1.62. The smallest absolute Gasteiger partial charge is 0.204 e. The van der Waals surface area contributed by atoms with Crippen LogP contribution in [0.2, 0.25) is 0 Å². The van der Waals surface area contributed by atoms with Crippen molar-refractivity contribution in [3.8, 4) is 0 Å². The molecule has 0 saturated heterocycles. The Balaban J connectivity index is 1.78. The number of hydrogen-bond acceptors (Lipinski definition) is 2. The predicted octanol–water partition coefficient (Wildman–Crippen LogP) is 4.65. The zero-order chi connectivity index (χ0) is 15.5. The number of pyridine rings is 1. The van der Waals surface area contributed by atoms with Gasteiger partial charge in [0.05, 0.1) is 0 Å². The third kappa shape index (κ3) is 5.55. The van der Waals surface area contributed by atoms with Gasteiger partial charge in [-0.05, 0) is 23.8 Å². The predicted molar refractivity (Wildman–Crippen MR) is 91.5 cm³/mol. The maximum absolute atomic E-state index is 11.7. The number of rotatable bonds is 6. The molecule has 0 N–H and O–H groups in total. The highest BCUT2D eigenvalue weighted by molar-refractivity contribution is 6.03. The van der Waals surface area contributed by atoms with E-state index < -0.39 is 0 Å². The van der Waals surface area contributed by atoms with Gasteiger partial charge >= 0.3 is 0 Å². The Bertz CT molecular complexity index is 695. The summed E-state index contributed by atoms with van der Waals surface area (Å²) >= 11 is 0. The minimum atomic E-state index is -0.0989. The highest BCUT2D eigenvalue weighted by Gasteiger charge is 1.99. The van der Waals surface area contributed by atoms with E-state index in [1.807, 2.05) is 66.8 Å². The summed E-state index contributed by atoms with van der Waals surface area (Å²) in [6.07, 6.45) is 16.4. The minimum absolute atomic E-state index is 0.0989. The molecule has 0 aliphatic rings. The van der Waals surface area contributed by atoms with Crippen molar-refractivity contribution in [1.29, 1.82) is 0 Å². The van der Waals surface area contributed by atoms with Crippen LogP contribution in [0.3, 0.4) is 0 Å². The molecule has 1 aromatic heterocycles. The molecular weight excluding hydrogens is 270 g/mol. The Morgan fingerprint density at radius 2 is 1.45 bits per heavy atom. The molecule has 1 aromatic carbocycles. The molecule has 0 unspecified atom stereocenters. The van der Waals surface area contributed by atoms with Crippen LogP contribution < -0.4 is 0 Å². The van der Waals surface area contributed by atoms with Gasteiger partial charge in [0.25, 0.3) is 0 Å². The summed E-state index contributed by atoms with van der Waals surface area (Å²) in [6, 6.07) is 15.4. The van der Waals surface area contributed by atoms with Crippen molar-refractivity contribution in [1.82, 2.24) is 4.98 Å². The third-order valence-corrected chi connectivity index (χ3v) is 2.81. The first-order valence-electron chi connectivity index (χ1n) is 7.05. The van der Waals surface area contributed by atoms with E-state index in [2.05, 4.69) is 4.98 Å². The Hall–Kier alpha value is -3.00. The molecule has 0 fully saturated rings. The van der Waals surface area contributed by atoms with Crippen molar-refractivity contribution in [3.05, 3.63) is 109 Å². The lowest BCUT2D eigenvalue weighted by Crippen LogP contribution is -1.96. The van der Waals surface area contributed by atoms with E-state index in [1.165, 1.54) is 6.08 Å². The van der Waals surface area contributed by atoms with E-state index in [1.54, 1.807) is 30.5 Å². The molecule has 1 heterocycles. The second kappa shape index (κ2) is 9.03. The van der Waals surface area contributed by atoms with Gasteiger partial charge in [0.2, 0.25) is 5.78 Å². The van der Waals surface area contributed by atoms with E-state index in [-0.39, 0.29) is 5.78 Å². The van der Waals surface area contributed by atoms with Crippen LogP contribution in [-0.4, -0.2) is 10.8 Å². The average molecular weight is 287 g/mol. The van der Waals surface area contributed by atoms with Crippen LogP contribution in [0, 0.1) is 0 Å². The molecule has 2 aromatic rings. The number of benzene rings is 1. The van der Waals surface area contributed by atoms with Crippen molar-refractivity contribution in [2.75, 3.05) is 0 Å². The number of hydrogen-bond donors (Lipinski definition) is 0. The van der Waals surface area contributed by atoms with Crippen LogP contribution in [0.25, 0.3) is 6.08 Å². The fourth-order valence-corrected chi connectivity index (χ4v) is 1.72. The van der Waals surface area contributed by atoms with Crippen molar-refractivity contribution in [2.24, 2.45) is 0 Å². The van der Waals surface area contributed by atoms with Gasteiger partial charge < -0.3 is 0 Å². The fourth-order valence-electron chi connectivity index (χ4n) is 1.72. The van der Waals surface area contributed by atoms with Crippen LogP contribution in [-0.2, 0) is 0 Å². The summed E-state index contributed by atoms with van der Waals surface area (Å²) in [4.78, 5) is 15.7. The maximum atomic E-state index is 11.7. The first-order chi connectivity index (χ1) is 10.9. The van der Waals surface area contributed by atoms with Gasteiger partial charge in [-0.1, -0.05) is 78.9 Å². The normalized spacial score (nSPS) is 12.0. The minimum Gasteiger partial charge on any atom is -0.288 e. The molecule has 0 atom stereocenters. The van der Waals surface area contributed by atoms with Crippen LogP contribution in [0.1, 0.15) is 16.1 Å². The zero-order valence-electron chi connectivity index (χ0n) is 12.2. The zero-order valence-corrected chi connectivity index (χ0v) is 12.2. The van der Waals surface area contributed by atoms with E-state index >= 15 is 0 Å². The molecule has 0 saturated carbocycles. The van der Waals surface area contributed by atoms with Gasteiger partial charge in [-0.2, -0.15) is 0 Å². The molecule has 108 valence electrons. The summed E-state index contributed by atoms with van der Waals surface area (Å²) in [5, 5.41) is 0. The lowest BCUT2D eigenvalue weighted by atomic mass is 10.2. The Morgan fingerprint density at radius 1 is 0.773 bits per heavy atom. The largest absolute Gasteiger partial charge is 0.288 e. The number of nitrogens with zero attached hydrogens (tertiary/aromatic N) is 1. The van der Waals surface area contributed by atoms with E-state index in [0.29, 0.717) is 5.69 Å². The molecular formula is C20H17NO. The van der Waals surface area contributed by atoms with Crippen molar-refractivity contribution in [2.45, 2.75) is 0 Å². The monoisotopic (exact) mass is 287 g/mol. The van der Waals surface area contributed by atoms with Gasteiger partial charge in [-0.3, -0.25) is 9.78 Å². The molecule has 2 heteroatoms. The topological polar surface area (TPSA) is 30.0 Å². The highest BCUT2D eigenvalue weighted by Crippen LogP contribution is 2.01. The summed E-state index contributed by atoms with van der Waals surface area (Å²) < 4.78 is 0. The number of carbonyl (C=O) groups excluding carboxylic acids is 1. The fraction of sp³-hybridized carbons (Fsp3) is 0. The van der Waals surface area contributed by atoms with Crippen molar-refractivity contribution >= 4 is 11.9 Å². The van der Waals surface area contributed by atoms with Crippen molar-refractivity contribution in [3.63, 3.8) is 0 Å². The molecule has 0 aliphatic heterocycles. The van der Waals surface area contributed by atoms with E-state index in [9.17, 15) is 4.79 Å². The third-order valence-electron chi connectivity index (χ3n) is 2.81. The number of aromatic nitrogens is 1. The Kier molecular flexibility index (Phi) is 6.32. The summed E-state index contributed by atoms with van der Waals surface area (Å²) in [5.74, 6) is -0.0989. The Morgan fingerprint density at radius 3 is 2.18 bits per heavy atom. The Labute approximate surface area is 130 Å². The molecule has 2 rings (SSSR count). The van der Waals surface area contributed by atoms with Gasteiger partial charge in [0, 0.05) is 6.20 Å². The number of carbonyl (C=O) groups is 1. The second-order valence-corrected chi connectivity index (χ2v) is 4.48. The molecule has 2 nitrogen and oxygen atoms in total. The van der Waals surface area contributed by atoms with Crippen LogP contribution in [0.4, 0.5) is 0 Å². The van der Waals surface area contributed by atoms with E-state index in [4.69, 9.17) is 0 Å². The highest BCUT2D eigenvalue weighted by atomic mass is 16.1.